The van der Waals surface area contributed by atoms with Crippen molar-refractivity contribution in [2.24, 2.45) is 0 Å². The van der Waals surface area contributed by atoms with Gasteiger partial charge in [0, 0.05) is 12.6 Å². The summed E-state index contributed by atoms with van der Waals surface area (Å²) in [5, 5.41) is 10.5. The van der Waals surface area contributed by atoms with Crippen LogP contribution in [0.4, 0.5) is 10.1 Å². The quantitative estimate of drug-likeness (QED) is 0.553. The Kier molecular flexibility index (Phi) is 5.71. The molecular weight excluding hydrogens is 235 g/mol. The largest absolute Gasteiger partial charge is 0.304 e. The fourth-order valence-corrected chi connectivity index (χ4v) is 1.96. The highest BCUT2D eigenvalue weighted by Crippen LogP contribution is 2.19. The van der Waals surface area contributed by atoms with Gasteiger partial charge in [0.1, 0.15) is 0 Å². The van der Waals surface area contributed by atoms with Crippen LogP contribution in [0.25, 0.3) is 0 Å². The maximum absolute atomic E-state index is 13.5. The lowest BCUT2D eigenvalue weighted by atomic mass is 10.1. The molecule has 0 aliphatic rings. The lowest BCUT2D eigenvalue weighted by molar-refractivity contribution is -0.387. The van der Waals surface area contributed by atoms with E-state index in [1.165, 1.54) is 12.1 Å². The maximum atomic E-state index is 13.5. The number of nitro groups is 1. The molecule has 100 valence electrons. The zero-order valence-electron chi connectivity index (χ0n) is 10.9. The van der Waals surface area contributed by atoms with Crippen LogP contribution in [-0.4, -0.2) is 22.9 Å². The highest BCUT2D eigenvalue weighted by Gasteiger charge is 2.14. The van der Waals surface area contributed by atoms with Gasteiger partial charge in [0.25, 0.3) is 0 Å². The van der Waals surface area contributed by atoms with Crippen molar-refractivity contribution < 1.29 is 9.31 Å². The van der Waals surface area contributed by atoms with Crippen molar-refractivity contribution in [3.05, 3.63) is 39.7 Å². The predicted molar refractivity (Wildman–Crippen MR) is 68.9 cm³/mol. The first-order chi connectivity index (χ1) is 8.58. The molecule has 0 aromatic heterocycles. The van der Waals surface area contributed by atoms with Crippen LogP contribution in [0.1, 0.15) is 32.3 Å². The van der Waals surface area contributed by atoms with Gasteiger partial charge in [-0.3, -0.25) is 15.0 Å². The standard InChI is InChI=1S/C13H19FN2O2/c1-3-7-15(8-4-2)10-11-5-6-13(16(17)18)12(14)9-11/h5-6,9H,3-4,7-8,10H2,1-2H3. The van der Waals surface area contributed by atoms with Gasteiger partial charge >= 0.3 is 5.69 Å². The molecule has 0 aliphatic heterocycles. The minimum absolute atomic E-state index is 0.462. The molecule has 4 nitrogen and oxygen atoms in total. The van der Waals surface area contributed by atoms with Crippen LogP contribution < -0.4 is 0 Å². The number of nitrogens with zero attached hydrogens (tertiary/aromatic N) is 2. The lowest BCUT2D eigenvalue weighted by Gasteiger charge is -2.20. The molecule has 0 heterocycles. The Balaban J connectivity index is 2.77. The SMILES string of the molecule is CCCN(CCC)Cc1ccc([N+](=O)[O-])c(F)c1. The second-order valence-electron chi connectivity index (χ2n) is 4.32. The van der Waals surface area contributed by atoms with E-state index in [0.29, 0.717) is 6.54 Å². The summed E-state index contributed by atoms with van der Waals surface area (Å²) in [6.45, 7) is 6.73. The van der Waals surface area contributed by atoms with Gasteiger partial charge in [0.15, 0.2) is 0 Å². The molecule has 18 heavy (non-hydrogen) atoms. The van der Waals surface area contributed by atoms with Crippen LogP contribution in [0.2, 0.25) is 0 Å². The van der Waals surface area contributed by atoms with Crippen LogP contribution in [0, 0.1) is 15.9 Å². The lowest BCUT2D eigenvalue weighted by Crippen LogP contribution is -2.24. The summed E-state index contributed by atoms with van der Waals surface area (Å²) in [5.41, 5.74) is 0.316. The molecule has 0 bridgehead atoms. The second-order valence-corrected chi connectivity index (χ2v) is 4.32. The highest BCUT2D eigenvalue weighted by atomic mass is 19.1. The number of halogens is 1. The summed E-state index contributed by atoms with van der Waals surface area (Å²) < 4.78 is 13.5. The molecule has 5 heteroatoms. The molecule has 0 fully saturated rings. The van der Waals surface area contributed by atoms with E-state index in [4.69, 9.17) is 0 Å². The summed E-state index contributed by atoms with van der Waals surface area (Å²) in [6, 6.07) is 4.12. The third kappa shape index (κ3) is 4.07. The zero-order valence-corrected chi connectivity index (χ0v) is 10.9. The molecule has 1 aromatic rings. The molecule has 0 saturated heterocycles. The van der Waals surface area contributed by atoms with Crippen molar-refractivity contribution in [3.8, 4) is 0 Å². The fraction of sp³-hybridized carbons (Fsp3) is 0.538. The third-order valence-electron chi connectivity index (χ3n) is 2.69. The molecule has 0 amide bonds. The molecule has 1 aromatic carbocycles. The van der Waals surface area contributed by atoms with Gasteiger partial charge in [-0.1, -0.05) is 19.9 Å². The Labute approximate surface area is 107 Å². The van der Waals surface area contributed by atoms with Crippen molar-refractivity contribution in [1.82, 2.24) is 4.90 Å². The van der Waals surface area contributed by atoms with Gasteiger partial charge in [-0.15, -0.1) is 0 Å². The molecule has 1 rings (SSSR count). The van der Waals surface area contributed by atoms with E-state index in [2.05, 4.69) is 18.7 Å². The van der Waals surface area contributed by atoms with Crippen LogP contribution in [0.15, 0.2) is 18.2 Å². The molecule has 0 N–H and O–H groups in total. The number of benzene rings is 1. The van der Waals surface area contributed by atoms with Crippen molar-refractivity contribution in [2.45, 2.75) is 33.2 Å². The van der Waals surface area contributed by atoms with E-state index in [1.807, 2.05) is 0 Å². The van der Waals surface area contributed by atoms with Crippen molar-refractivity contribution in [2.75, 3.05) is 13.1 Å². The Morgan fingerprint density at radius 2 is 1.89 bits per heavy atom. The first-order valence-electron chi connectivity index (χ1n) is 6.23. The molecule has 0 radical (unpaired) electrons. The average molecular weight is 254 g/mol. The Hall–Kier alpha value is -1.49. The van der Waals surface area contributed by atoms with Gasteiger partial charge in [-0.2, -0.15) is 4.39 Å². The third-order valence-corrected chi connectivity index (χ3v) is 2.69. The summed E-state index contributed by atoms with van der Waals surface area (Å²) in [4.78, 5) is 12.0. The Morgan fingerprint density at radius 1 is 1.28 bits per heavy atom. The number of rotatable bonds is 7. The van der Waals surface area contributed by atoms with E-state index in [0.717, 1.165) is 31.5 Å². The van der Waals surface area contributed by atoms with Crippen molar-refractivity contribution in [3.63, 3.8) is 0 Å². The fourth-order valence-electron chi connectivity index (χ4n) is 1.96. The number of nitro benzene ring substituents is 1. The Morgan fingerprint density at radius 3 is 2.33 bits per heavy atom. The van der Waals surface area contributed by atoms with Crippen LogP contribution in [0.5, 0.6) is 0 Å². The summed E-state index contributed by atoms with van der Waals surface area (Å²) in [5.74, 6) is -0.759. The molecule has 0 spiro atoms. The molecule has 0 aliphatic carbocycles. The maximum Gasteiger partial charge on any atom is 0.304 e. The van der Waals surface area contributed by atoms with Crippen molar-refractivity contribution in [1.29, 1.82) is 0 Å². The smallest absolute Gasteiger partial charge is 0.299 e. The molecule has 0 unspecified atom stereocenters. The minimum atomic E-state index is -0.759. The van der Waals surface area contributed by atoms with E-state index in [1.54, 1.807) is 6.07 Å². The van der Waals surface area contributed by atoms with Crippen LogP contribution in [0.3, 0.4) is 0 Å². The van der Waals surface area contributed by atoms with E-state index >= 15 is 0 Å². The van der Waals surface area contributed by atoms with Gasteiger partial charge in [-0.05, 0) is 37.6 Å². The first-order valence-corrected chi connectivity index (χ1v) is 6.23. The summed E-state index contributed by atoms with van der Waals surface area (Å²) in [7, 11) is 0. The topological polar surface area (TPSA) is 46.4 Å². The van der Waals surface area contributed by atoms with E-state index < -0.39 is 16.4 Å². The molecule has 0 atom stereocenters. The van der Waals surface area contributed by atoms with Gasteiger partial charge < -0.3 is 0 Å². The summed E-state index contributed by atoms with van der Waals surface area (Å²) >= 11 is 0. The van der Waals surface area contributed by atoms with Crippen LogP contribution in [-0.2, 0) is 6.54 Å². The first kappa shape index (κ1) is 14.6. The highest BCUT2D eigenvalue weighted by molar-refractivity contribution is 5.34. The monoisotopic (exact) mass is 254 g/mol. The molecular formula is C13H19FN2O2. The van der Waals surface area contributed by atoms with Gasteiger partial charge in [0.05, 0.1) is 4.92 Å². The average Bonchev–Trinajstić information content (AvgIpc) is 2.29. The predicted octanol–water partition coefficient (Wildman–Crippen LogP) is 3.36. The number of hydrogen-bond acceptors (Lipinski definition) is 3. The Bertz CT molecular complexity index is 404. The van der Waals surface area contributed by atoms with Gasteiger partial charge in [-0.25, -0.2) is 0 Å². The normalized spacial score (nSPS) is 10.9. The second kappa shape index (κ2) is 7.06. The van der Waals surface area contributed by atoms with E-state index in [9.17, 15) is 14.5 Å². The van der Waals surface area contributed by atoms with E-state index in [-0.39, 0.29) is 0 Å². The minimum Gasteiger partial charge on any atom is -0.299 e. The summed E-state index contributed by atoms with van der Waals surface area (Å²) in [6.07, 6.45) is 2.07. The van der Waals surface area contributed by atoms with Gasteiger partial charge in [0.2, 0.25) is 5.82 Å². The van der Waals surface area contributed by atoms with Crippen LogP contribution >= 0.6 is 0 Å². The zero-order chi connectivity index (χ0) is 13.5. The molecule has 0 saturated carbocycles. The number of hydrogen-bond donors (Lipinski definition) is 0. The van der Waals surface area contributed by atoms with Crippen molar-refractivity contribution >= 4 is 5.69 Å².